The molecule has 2 heteroatoms. The lowest BCUT2D eigenvalue weighted by Crippen LogP contribution is -2.23. The van der Waals surface area contributed by atoms with Gasteiger partial charge in [0.2, 0.25) is 0 Å². The molecule has 0 amide bonds. The van der Waals surface area contributed by atoms with Crippen molar-refractivity contribution in [1.29, 1.82) is 0 Å². The summed E-state index contributed by atoms with van der Waals surface area (Å²) in [5.74, 6) is 0.658. The van der Waals surface area contributed by atoms with Crippen LogP contribution in [0.1, 0.15) is 43.9 Å². The van der Waals surface area contributed by atoms with E-state index in [0.29, 0.717) is 12.0 Å². The zero-order valence-corrected chi connectivity index (χ0v) is 12.2. The molecular weight excluding hydrogens is 222 g/mol. The van der Waals surface area contributed by atoms with Crippen LogP contribution in [-0.2, 0) is 4.74 Å². The van der Waals surface area contributed by atoms with Crippen molar-refractivity contribution in [3.8, 4) is 0 Å². The van der Waals surface area contributed by atoms with Crippen molar-refractivity contribution in [3.05, 3.63) is 35.4 Å². The van der Waals surface area contributed by atoms with Gasteiger partial charge in [0.15, 0.2) is 0 Å². The van der Waals surface area contributed by atoms with Gasteiger partial charge in [-0.25, -0.2) is 0 Å². The van der Waals surface area contributed by atoms with Gasteiger partial charge in [0, 0.05) is 6.61 Å². The van der Waals surface area contributed by atoms with Crippen LogP contribution in [0.25, 0.3) is 0 Å². The van der Waals surface area contributed by atoms with Crippen molar-refractivity contribution in [3.63, 3.8) is 0 Å². The molecule has 18 heavy (non-hydrogen) atoms. The Balaban J connectivity index is 2.40. The average molecular weight is 249 g/mol. The molecule has 0 saturated heterocycles. The average Bonchev–Trinajstić information content (AvgIpc) is 2.36. The summed E-state index contributed by atoms with van der Waals surface area (Å²) in [7, 11) is 1.99. The minimum absolute atomic E-state index is 0.291. The number of benzene rings is 1. The van der Waals surface area contributed by atoms with E-state index in [2.05, 4.69) is 50.4 Å². The predicted molar refractivity (Wildman–Crippen MR) is 77.9 cm³/mol. The van der Waals surface area contributed by atoms with Crippen LogP contribution in [0.2, 0.25) is 0 Å². The summed E-state index contributed by atoms with van der Waals surface area (Å²) in [6.07, 6.45) is 2.48. The number of aryl methyl sites for hydroxylation is 1. The van der Waals surface area contributed by atoms with E-state index in [4.69, 9.17) is 4.74 Å². The van der Waals surface area contributed by atoms with E-state index >= 15 is 0 Å². The predicted octanol–water partition coefficient (Wildman–Crippen LogP) is 3.71. The Morgan fingerprint density at radius 2 is 1.83 bits per heavy atom. The molecule has 0 aliphatic carbocycles. The lowest BCUT2D eigenvalue weighted by atomic mass is 10.1. The summed E-state index contributed by atoms with van der Waals surface area (Å²) < 4.78 is 5.82. The summed E-state index contributed by atoms with van der Waals surface area (Å²) in [6, 6.07) is 8.95. The SMILES string of the molecule is CCCC(C)COCC(NC)c1ccc(C)cc1. The lowest BCUT2D eigenvalue weighted by Gasteiger charge is -2.18. The molecule has 2 atom stereocenters. The van der Waals surface area contributed by atoms with Crippen LogP contribution < -0.4 is 5.32 Å². The second-order valence-corrected chi connectivity index (χ2v) is 5.18. The number of hydrogen-bond donors (Lipinski definition) is 1. The second-order valence-electron chi connectivity index (χ2n) is 5.18. The molecule has 0 heterocycles. The summed E-state index contributed by atoms with van der Waals surface area (Å²) in [5.41, 5.74) is 2.59. The maximum atomic E-state index is 5.82. The van der Waals surface area contributed by atoms with Crippen molar-refractivity contribution >= 4 is 0 Å². The Bertz CT molecular complexity index is 320. The second kappa shape index (κ2) is 8.28. The molecule has 2 unspecified atom stereocenters. The number of hydrogen-bond acceptors (Lipinski definition) is 2. The Morgan fingerprint density at radius 3 is 2.39 bits per heavy atom. The maximum Gasteiger partial charge on any atom is 0.0661 e. The van der Waals surface area contributed by atoms with Crippen molar-refractivity contribution < 1.29 is 4.74 Å². The first-order valence-electron chi connectivity index (χ1n) is 6.99. The summed E-state index contributed by atoms with van der Waals surface area (Å²) in [6.45, 7) is 8.19. The first kappa shape index (κ1) is 15.2. The van der Waals surface area contributed by atoms with Crippen LogP contribution in [-0.4, -0.2) is 20.3 Å². The van der Waals surface area contributed by atoms with Crippen LogP contribution in [0, 0.1) is 12.8 Å². The van der Waals surface area contributed by atoms with Crippen LogP contribution in [0.5, 0.6) is 0 Å². The largest absolute Gasteiger partial charge is 0.379 e. The highest BCUT2D eigenvalue weighted by molar-refractivity contribution is 5.24. The van der Waals surface area contributed by atoms with Crippen LogP contribution in [0.4, 0.5) is 0 Å². The molecule has 0 spiro atoms. The van der Waals surface area contributed by atoms with Crippen molar-refractivity contribution in [2.45, 2.75) is 39.7 Å². The molecule has 0 aromatic heterocycles. The Kier molecular flexibility index (Phi) is 6.99. The normalized spacial score (nSPS) is 14.4. The number of likely N-dealkylation sites (N-methyl/N-ethyl adjacent to an activating group) is 1. The molecule has 0 bridgehead atoms. The molecule has 0 saturated carbocycles. The summed E-state index contributed by atoms with van der Waals surface area (Å²) in [5, 5.41) is 3.32. The minimum atomic E-state index is 0.291. The fraction of sp³-hybridized carbons (Fsp3) is 0.625. The van der Waals surface area contributed by atoms with E-state index in [1.807, 2.05) is 7.05 Å². The molecule has 1 aromatic rings. The number of nitrogens with one attached hydrogen (secondary N) is 1. The van der Waals surface area contributed by atoms with Gasteiger partial charge in [-0.05, 0) is 31.9 Å². The fourth-order valence-corrected chi connectivity index (χ4v) is 2.11. The molecule has 0 aliphatic rings. The fourth-order valence-electron chi connectivity index (χ4n) is 2.11. The highest BCUT2D eigenvalue weighted by Gasteiger charge is 2.10. The van der Waals surface area contributed by atoms with Crippen molar-refractivity contribution in [2.75, 3.05) is 20.3 Å². The molecule has 1 aromatic carbocycles. The lowest BCUT2D eigenvalue weighted by molar-refractivity contribution is 0.0849. The quantitative estimate of drug-likeness (QED) is 0.758. The van der Waals surface area contributed by atoms with Gasteiger partial charge in [0.05, 0.1) is 12.6 Å². The Morgan fingerprint density at radius 1 is 1.17 bits per heavy atom. The van der Waals surface area contributed by atoms with Gasteiger partial charge in [-0.3, -0.25) is 0 Å². The molecular formula is C16H27NO. The zero-order valence-electron chi connectivity index (χ0n) is 12.2. The topological polar surface area (TPSA) is 21.3 Å². The van der Waals surface area contributed by atoms with Crippen molar-refractivity contribution in [1.82, 2.24) is 5.32 Å². The molecule has 1 rings (SSSR count). The number of rotatable bonds is 8. The Hall–Kier alpha value is -0.860. The number of ether oxygens (including phenoxy) is 1. The van der Waals surface area contributed by atoms with Gasteiger partial charge in [-0.15, -0.1) is 0 Å². The van der Waals surface area contributed by atoms with Crippen LogP contribution in [0.3, 0.4) is 0 Å². The van der Waals surface area contributed by atoms with Crippen molar-refractivity contribution in [2.24, 2.45) is 5.92 Å². The standard InChI is InChI=1S/C16H27NO/c1-5-6-14(3)11-18-12-16(17-4)15-9-7-13(2)8-10-15/h7-10,14,16-17H,5-6,11-12H2,1-4H3. The Labute approximate surface area is 112 Å². The van der Waals surface area contributed by atoms with E-state index < -0.39 is 0 Å². The third kappa shape index (κ3) is 5.19. The van der Waals surface area contributed by atoms with E-state index in [9.17, 15) is 0 Å². The molecule has 1 N–H and O–H groups in total. The molecule has 2 nitrogen and oxygen atoms in total. The van der Waals surface area contributed by atoms with Crippen LogP contribution in [0.15, 0.2) is 24.3 Å². The van der Waals surface area contributed by atoms with Gasteiger partial charge in [-0.2, -0.15) is 0 Å². The van der Waals surface area contributed by atoms with E-state index in [1.54, 1.807) is 0 Å². The first-order chi connectivity index (χ1) is 8.67. The molecule has 0 radical (unpaired) electrons. The first-order valence-corrected chi connectivity index (χ1v) is 6.99. The van der Waals surface area contributed by atoms with Gasteiger partial charge in [-0.1, -0.05) is 50.1 Å². The van der Waals surface area contributed by atoms with Gasteiger partial charge >= 0.3 is 0 Å². The minimum Gasteiger partial charge on any atom is -0.379 e. The summed E-state index contributed by atoms with van der Waals surface area (Å²) in [4.78, 5) is 0. The van der Waals surface area contributed by atoms with E-state index in [1.165, 1.54) is 24.0 Å². The smallest absolute Gasteiger partial charge is 0.0661 e. The molecule has 0 fully saturated rings. The third-order valence-corrected chi connectivity index (χ3v) is 3.30. The maximum absolute atomic E-state index is 5.82. The van der Waals surface area contributed by atoms with Crippen LogP contribution >= 0.6 is 0 Å². The third-order valence-electron chi connectivity index (χ3n) is 3.30. The highest BCUT2D eigenvalue weighted by atomic mass is 16.5. The zero-order chi connectivity index (χ0) is 13.4. The van der Waals surface area contributed by atoms with Gasteiger partial charge < -0.3 is 10.1 Å². The van der Waals surface area contributed by atoms with E-state index in [0.717, 1.165) is 13.2 Å². The van der Waals surface area contributed by atoms with E-state index in [-0.39, 0.29) is 0 Å². The van der Waals surface area contributed by atoms with Gasteiger partial charge in [0.1, 0.15) is 0 Å². The molecule has 0 aliphatic heterocycles. The monoisotopic (exact) mass is 249 g/mol. The molecule has 102 valence electrons. The highest BCUT2D eigenvalue weighted by Crippen LogP contribution is 2.15. The van der Waals surface area contributed by atoms with Gasteiger partial charge in [0.25, 0.3) is 0 Å². The summed E-state index contributed by atoms with van der Waals surface area (Å²) >= 11 is 0.